The van der Waals surface area contributed by atoms with Crippen molar-refractivity contribution in [1.82, 2.24) is 19.8 Å². The van der Waals surface area contributed by atoms with Gasteiger partial charge in [0, 0.05) is 18.3 Å². The minimum absolute atomic E-state index is 0.121. The highest BCUT2D eigenvalue weighted by atomic mass is 16.5. The van der Waals surface area contributed by atoms with E-state index in [1.165, 1.54) is 0 Å². The van der Waals surface area contributed by atoms with Crippen LogP contribution in [0.25, 0.3) is 5.69 Å². The molecule has 7 heteroatoms. The standard InChI is InChI=1S/C25H28N4O3/c1-17-15-28(16-26-17)21-12-11-20(14-23(21)32-3)25(31)29-13-7-10-22(29)24(30)27-18(2)19-8-5-4-6-9-19/h4-6,8-9,11-12,14-16,18,22H,7,10,13H2,1-3H3,(H,27,30)/t18?,22-/m0/s1. The second-order valence-corrected chi connectivity index (χ2v) is 8.11. The molecule has 7 nitrogen and oxygen atoms in total. The Hall–Kier alpha value is -3.61. The number of ether oxygens (including phenoxy) is 1. The van der Waals surface area contributed by atoms with Crippen molar-refractivity contribution in [2.24, 2.45) is 0 Å². The average molecular weight is 433 g/mol. The summed E-state index contributed by atoms with van der Waals surface area (Å²) >= 11 is 0. The van der Waals surface area contributed by atoms with Crippen LogP contribution >= 0.6 is 0 Å². The van der Waals surface area contributed by atoms with E-state index in [1.54, 1.807) is 30.5 Å². The van der Waals surface area contributed by atoms with Gasteiger partial charge in [-0.3, -0.25) is 9.59 Å². The van der Waals surface area contributed by atoms with E-state index in [0.29, 0.717) is 24.3 Å². The predicted molar refractivity (Wildman–Crippen MR) is 122 cm³/mol. The monoisotopic (exact) mass is 432 g/mol. The van der Waals surface area contributed by atoms with E-state index < -0.39 is 6.04 Å². The Labute approximate surface area is 188 Å². The smallest absolute Gasteiger partial charge is 0.254 e. The predicted octanol–water partition coefficient (Wildman–Crippen LogP) is 3.67. The molecule has 1 saturated heterocycles. The molecule has 3 aromatic rings. The van der Waals surface area contributed by atoms with Gasteiger partial charge in [-0.1, -0.05) is 30.3 Å². The summed E-state index contributed by atoms with van der Waals surface area (Å²) in [4.78, 5) is 32.2. The Balaban J connectivity index is 1.51. The number of likely N-dealkylation sites (tertiary alicyclic amines) is 1. The zero-order chi connectivity index (χ0) is 22.7. The Bertz CT molecular complexity index is 1110. The van der Waals surface area contributed by atoms with Crippen molar-refractivity contribution in [2.45, 2.75) is 38.8 Å². The maximum Gasteiger partial charge on any atom is 0.254 e. The van der Waals surface area contributed by atoms with Gasteiger partial charge in [0.2, 0.25) is 5.91 Å². The summed E-state index contributed by atoms with van der Waals surface area (Å²) in [5.74, 6) is 0.289. The number of amides is 2. The van der Waals surface area contributed by atoms with Gasteiger partial charge >= 0.3 is 0 Å². The van der Waals surface area contributed by atoms with Crippen molar-refractivity contribution in [1.29, 1.82) is 0 Å². The molecule has 1 aliphatic rings. The highest BCUT2D eigenvalue weighted by molar-refractivity contribution is 5.98. The lowest BCUT2D eigenvalue weighted by Gasteiger charge is -2.26. The van der Waals surface area contributed by atoms with E-state index in [0.717, 1.165) is 23.4 Å². The fourth-order valence-corrected chi connectivity index (χ4v) is 4.16. The minimum Gasteiger partial charge on any atom is -0.495 e. The highest BCUT2D eigenvalue weighted by Gasteiger charge is 2.35. The number of carbonyl (C=O) groups excluding carboxylic acids is 2. The molecule has 1 unspecified atom stereocenters. The number of rotatable bonds is 6. The van der Waals surface area contributed by atoms with Crippen LogP contribution in [0.3, 0.4) is 0 Å². The third kappa shape index (κ3) is 4.37. The summed E-state index contributed by atoms with van der Waals surface area (Å²) in [6.45, 7) is 4.43. The quantitative estimate of drug-likeness (QED) is 0.645. The molecule has 1 N–H and O–H groups in total. The second-order valence-electron chi connectivity index (χ2n) is 8.11. The van der Waals surface area contributed by atoms with E-state index in [9.17, 15) is 9.59 Å². The van der Waals surface area contributed by atoms with E-state index in [4.69, 9.17) is 4.74 Å². The van der Waals surface area contributed by atoms with Gasteiger partial charge < -0.3 is 19.5 Å². The van der Waals surface area contributed by atoms with Crippen LogP contribution in [0.5, 0.6) is 5.75 Å². The number of aromatic nitrogens is 2. The minimum atomic E-state index is -0.476. The van der Waals surface area contributed by atoms with E-state index in [-0.39, 0.29) is 17.9 Å². The average Bonchev–Trinajstić information content (AvgIpc) is 3.48. The van der Waals surface area contributed by atoms with Crippen LogP contribution in [0.15, 0.2) is 61.1 Å². The zero-order valence-electron chi connectivity index (χ0n) is 18.6. The van der Waals surface area contributed by atoms with Crippen molar-refractivity contribution >= 4 is 11.8 Å². The molecule has 4 rings (SSSR count). The van der Waals surface area contributed by atoms with Crippen LogP contribution in [0.1, 0.15) is 47.4 Å². The van der Waals surface area contributed by atoms with Crippen molar-refractivity contribution in [3.8, 4) is 11.4 Å². The number of methoxy groups -OCH3 is 1. The fraction of sp³-hybridized carbons (Fsp3) is 0.320. The van der Waals surface area contributed by atoms with E-state index in [2.05, 4.69) is 10.3 Å². The third-order valence-corrected chi connectivity index (χ3v) is 5.89. The molecule has 2 aromatic carbocycles. The van der Waals surface area contributed by atoms with Gasteiger partial charge in [0.25, 0.3) is 5.91 Å². The van der Waals surface area contributed by atoms with Crippen molar-refractivity contribution in [3.63, 3.8) is 0 Å². The van der Waals surface area contributed by atoms with E-state index >= 15 is 0 Å². The van der Waals surface area contributed by atoms with Gasteiger partial charge in [0.15, 0.2) is 0 Å². The Morgan fingerprint density at radius 1 is 1.19 bits per heavy atom. The highest BCUT2D eigenvalue weighted by Crippen LogP contribution is 2.27. The first kappa shape index (κ1) is 21.6. The number of hydrogen-bond donors (Lipinski definition) is 1. The first-order valence-electron chi connectivity index (χ1n) is 10.8. The van der Waals surface area contributed by atoms with Crippen molar-refractivity contribution in [2.75, 3.05) is 13.7 Å². The zero-order valence-corrected chi connectivity index (χ0v) is 18.6. The lowest BCUT2D eigenvalue weighted by Crippen LogP contribution is -2.46. The number of nitrogens with one attached hydrogen (secondary N) is 1. The summed E-state index contributed by atoms with van der Waals surface area (Å²) in [5, 5.41) is 3.06. The summed E-state index contributed by atoms with van der Waals surface area (Å²) in [5.41, 5.74) is 3.23. The lowest BCUT2D eigenvalue weighted by atomic mass is 10.1. The molecule has 0 bridgehead atoms. The molecule has 0 radical (unpaired) electrons. The van der Waals surface area contributed by atoms with Gasteiger partial charge in [-0.2, -0.15) is 0 Å². The molecule has 2 heterocycles. The van der Waals surface area contributed by atoms with Crippen LogP contribution in [0, 0.1) is 6.92 Å². The van der Waals surface area contributed by atoms with Gasteiger partial charge in [0.05, 0.1) is 30.9 Å². The molecule has 0 spiro atoms. The molecule has 2 amide bonds. The largest absolute Gasteiger partial charge is 0.495 e. The summed E-state index contributed by atoms with van der Waals surface area (Å²) in [6.07, 6.45) is 5.06. The Kier molecular flexibility index (Phi) is 6.25. The van der Waals surface area contributed by atoms with Crippen LogP contribution in [-0.2, 0) is 4.79 Å². The first-order chi connectivity index (χ1) is 15.5. The van der Waals surface area contributed by atoms with Gasteiger partial charge in [-0.05, 0) is 50.5 Å². The first-order valence-corrected chi connectivity index (χ1v) is 10.8. The number of aryl methyl sites for hydroxylation is 1. The summed E-state index contributed by atoms with van der Waals surface area (Å²) in [7, 11) is 1.58. The lowest BCUT2D eigenvalue weighted by molar-refractivity contribution is -0.125. The molecule has 0 aliphatic carbocycles. The molecule has 1 fully saturated rings. The summed E-state index contributed by atoms with van der Waals surface area (Å²) < 4.78 is 7.40. The van der Waals surface area contributed by atoms with E-state index in [1.807, 2.05) is 61.0 Å². The number of carbonyl (C=O) groups is 2. The molecule has 1 aliphatic heterocycles. The molecule has 2 atom stereocenters. The molecule has 166 valence electrons. The van der Waals surface area contributed by atoms with Crippen molar-refractivity contribution in [3.05, 3.63) is 77.9 Å². The topological polar surface area (TPSA) is 76.5 Å². The normalized spacial score (nSPS) is 16.6. The van der Waals surface area contributed by atoms with Crippen LogP contribution in [0.4, 0.5) is 0 Å². The van der Waals surface area contributed by atoms with Crippen molar-refractivity contribution < 1.29 is 14.3 Å². The number of nitrogens with zero attached hydrogens (tertiary/aromatic N) is 3. The number of imidazole rings is 1. The van der Waals surface area contributed by atoms with Gasteiger partial charge in [-0.25, -0.2) is 4.98 Å². The van der Waals surface area contributed by atoms with Gasteiger partial charge in [0.1, 0.15) is 11.8 Å². The molecular weight excluding hydrogens is 404 g/mol. The second kappa shape index (κ2) is 9.26. The van der Waals surface area contributed by atoms with Gasteiger partial charge in [-0.15, -0.1) is 0 Å². The molecule has 32 heavy (non-hydrogen) atoms. The maximum absolute atomic E-state index is 13.3. The molecule has 1 aromatic heterocycles. The number of hydrogen-bond acceptors (Lipinski definition) is 4. The molecular formula is C25H28N4O3. The SMILES string of the molecule is COc1cc(C(=O)N2CCC[C@H]2C(=O)NC(C)c2ccccc2)ccc1-n1cnc(C)c1. The van der Waals surface area contributed by atoms with Crippen LogP contribution in [-0.4, -0.2) is 46.0 Å². The summed E-state index contributed by atoms with van der Waals surface area (Å²) in [6, 6.07) is 14.6. The maximum atomic E-state index is 13.3. The fourth-order valence-electron chi connectivity index (χ4n) is 4.16. The van der Waals surface area contributed by atoms with Crippen LogP contribution in [0.2, 0.25) is 0 Å². The Morgan fingerprint density at radius 2 is 1.97 bits per heavy atom. The third-order valence-electron chi connectivity index (χ3n) is 5.89. The number of benzene rings is 2. The molecule has 0 saturated carbocycles. The Morgan fingerprint density at radius 3 is 2.66 bits per heavy atom. The van der Waals surface area contributed by atoms with Crippen LogP contribution < -0.4 is 10.1 Å².